The van der Waals surface area contributed by atoms with Crippen LogP contribution < -0.4 is 10.1 Å². The van der Waals surface area contributed by atoms with Crippen LogP contribution >= 0.6 is 0 Å². The number of ether oxygens (including phenoxy) is 2. The maximum Gasteiger partial charge on any atom is 0.328 e. The third-order valence-corrected chi connectivity index (χ3v) is 6.21. The number of aliphatic carboxylic acids is 1. The highest BCUT2D eigenvalue weighted by Crippen LogP contribution is 2.57. The number of carboxylic acids is 1. The Morgan fingerprint density at radius 2 is 2.25 bits per heavy atom. The van der Waals surface area contributed by atoms with Gasteiger partial charge in [0.25, 0.3) is 0 Å². The fourth-order valence-corrected chi connectivity index (χ4v) is 4.91. The Labute approximate surface area is 165 Å². The first-order chi connectivity index (χ1) is 13.5. The normalized spacial score (nSPS) is 26.6. The second-order valence-electron chi connectivity index (χ2n) is 7.95. The van der Waals surface area contributed by atoms with Crippen LogP contribution in [0.25, 0.3) is 0 Å². The molecule has 1 aromatic rings. The van der Waals surface area contributed by atoms with Gasteiger partial charge in [-0.05, 0) is 55.2 Å². The Morgan fingerprint density at radius 1 is 1.43 bits per heavy atom. The summed E-state index contributed by atoms with van der Waals surface area (Å²) in [5.74, 6) is 0.334. The number of carboxylic acid groups (broad SMARTS) is 1. The molecule has 0 spiro atoms. The molecule has 0 aromatic heterocycles. The lowest BCUT2D eigenvalue weighted by atomic mass is 9.68. The zero-order valence-electron chi connectivity index (χ0n) is 16.4. The number of hydrogen-bond acceptors (Lipinski definition) is 4. The number of fused-ring (bicyclic) bond motifs is 2. The van der Waals surface area contributed by atoms with Crippen molar-refractivity contribution in [2.24, 2.45) is 17.3 Å². The molecule has 2 aliphatic rings. The first kappa shape index (κ1) is 20.4. The minimum atomic E-state index is -1.09. The molecular formula is C22H29NO5. The molecule has 6 nitrogen and oxygen atoms in total. The fourth-order valence-electron chi connectivity index (χ4n) is 4.91. The van der Waals surface area contributed by atoms with Gasteiger partial charge in [-0.1, -0.05) is 24.6 Å². The highest BCUT2D eigenvalue weighted by molar-refractivity contribution is 5.88. The number of amides is 1. The van der Waals surface area contributed by atoms with E-state index < -0.39 is 17.4 Å². The number of rotatable bonds is 10. The van der Waals surface area contributed by atoms with Gasteiger partial charge in [0.05, 0.1) is 25.7 Å². The van der Waals surface area contributed by atoms with Crippen molar-refractivity contribution in [1.29, 1.82) is 0 Å². The van der Waals surface area contributed by atoms with E-state index in [0.717, 1.165) is 37.0 Å². The quantitative estimate of drug-likeness (QED) is 0.476. The van der Waals surface area contributed by atoms with Crippen LogP contribution in [-0.4, -0.2) is 43.3 Å². The van der Waals surface area contributed by atoms with Gasteiger partial charge in [-0.25, -0.2) is 4.79 Å². The van der Waals surface area contributed by atoms with Gasteiger partial charge in [-0.15, -0.1) is 6.58 Å². The number of nitrogens with one attached hydrogen (secondary N) is 1. The molecule has 0 radical (unpaired) electrons. The van der Waals surface area contributed by atoms with Crippen molar-refractivity contribution in [2.45, 2.75) is 38.1 Å². The summed E-state index contributed by atoms with van der Waals surface area (Å²) in [6.45, 7) is 3.73. The molecule has 4 atom stereocenters. The zero-order valence-corrected chi connectivity index (χ0v) is 16.4. The maximum absolute atomic E-state index is 13.4. The van der Waals surface area contributed by atoms with E-state index in [9.17, 15) is 14.7 Å². The standard InChI is InChI=1S/C22H29NO5/c1-3-9-28-14-19(20(24)25)23-21(26)22(13-16-7-8-17(22)10-16)12-15-5-4-6-18(11-15)27-2/h3-6,11,16-17,19H,1,7-10,12-14H2,2H3,(H,23,26)(H,24,25). The number of hydrogen-bond donors (Lipinski definition) is 2. The molecule has 0 heterocycles. The van der Waals surface area contributed by atoms with Crippen LogP contribution in [0.15, 0.2) is 36.9 Å². The zero-order chi connectivity index (χ0) is 20.1. The van der Waals surface area contributed by atoms with Crippen LogP contribution in [0.3, 0.4) is 0 Å². The number of carbonyl (C=O) groups is 2. The Balaban J connectivity index is 1.80. The van der Waals surface area contributed by atoms with Crippen molar-refractivity contribution in [3.8, 4) is 5.75 Å². The van der Waals surface area contributed by atoms with Gasteiger partial charge >= 0.3 is 5.97 Å². The van der Waals surface area contributed by atoms with E-state index in [1.807, 2.05) is 24.3 Å². The SMILES string of the molecule is C=CCOCC(NC(=O)C1(Cc2cccc(OC)c2)CC2CCC1C2)C(=O)O. The summed E-state index contributed by atoms with van der Waals surface area (Å²) in [6, 6.07) is 6.72. The Bertz CT molecular complexity index is 733. The Morgan fingerprint density at radius 3 is 2.86 bits per heavy atom. The molecule has 28 heavy (non-hydrogen) atoms. The highest BCUT2D eigenvalue weighted by Gasteiger charge is 2.55. The molecule has 2 N–H and O–H groups in total. The molecule has 3 rings (SSSR count). The van der Waals surface area contributed by atoms with E-state index in [1.54, 1.807) is 13.2 Å². The highest BCUT2D eigenvalue weighted by atomic mass is 16.5. The summed E-state index contributed by atoms with van der Waals surface area (Å²) in [5.41, 5.74) is 0.471. The van der Waals surface area contributed by atoms with Gasteiger partial charge in [0.15, 0.2) is 6.04 Å². The monoisotopic (exact) mass is 387 g/mol. The summed E-state index contributed by atoms with van der Waals surface area (Å²) < 4.78 is 10.6. The molecule has 2 saturated carbocycles. The largest absolute Gasteiger partial charge is 0.497 e. The Hall–Kier alpha value is -2.34. The van der Waals surface area contributed by atoms with E-state index in [4.69, 9.17) is 9.47 Å². The smallest absolute Gasteiger partial charge is 0.328 e. The average Bonchev–Trinajstić information content (AvgIpc) is 3.29. The van der Waals surface area contributed by atoms with Gasteiger partial charge in [0, 0.05) is 0 Å². The van der Waals surface area contributed by atoms with E-state index in [0.29, 0.717) is 12.3 Å². The summed E-state index contributed by atoms with van der Waals surface area (Å²) in [4.78, 5) is 25.0. The van der Waals surface area contributed by atoms with Gasteiger partial charge in [0.2, 0.25) is 5.91 Å². The summed E-state index contributed by atoms with van der Waals surface area (Å²) in [5, 5.41) is 12.3. The molecule has 2 aliphatic carbocycles. The molecule has 2 bridgehead atoms. The summed E-state index contributed by atoms with van der Waals surface area (Å²) in [7, 11) is 1.62. The Kier molecular flexibility index (Phi) is 6.39. The van der Waals surface area contributed by atoms with Crippen LogP contribution in [0.5, 0.6) is 5.75 Å². The van der Waals surface area contributed by atoms with Gasteiger partial charge in [0.1, 0.15) is 5.75 Å². The predicted octanol–water partition coefficient (Wildman–Crippen LogP) is 2.82. The molecular weight excluding hydrogens is 358 g/mol. The third-order valence-electron chi connectivity index (χ3n) is 6.21. The average molecular weight is 387 g/mol. The first-order valence-electron chi connectivity index (χ1n) is 9.84. The van der Waals surface area contributed by atoms with Crippen LogP contribution in [-0.2, 0) is 20.7 Å². The van der Waals surface area contributed by atoms with Crippen molar-refractivity contribution in [3.63, 3.8) is 0 Å². The van der Waals surface area contributed by atoms with Gasteiger partial charge in [-0.2, -0.15) is 0 Å². The molecule has 2 fully saturated rings. The molecule has 0 aliphatic heterocycles. The van der Waals surface area contributed by atoms with Crippen LogP contribution in [0.4, 0.5) is 0 Å². The first-order valence-corrected chi connectivity index (χ1v) is 9.84. The minimum Gasteiger partial charge on any atom is -0.497 e. The second kappa shape index (κ2) is 8.78. The topological polar surface area (TPSA) is 84.9 Å². The lowest BCUT2D eigenvalue weighted by Gasteiger charge is -2.37. The summed E-state index contributed by atoms with van der Waals surface area (Å²) in [6.07, 6.45) is 6.18. The van der Waals surface area contributed by atoms with E-state index in [-0.39, 0.29) is 25.0 Å². The molecule has 1 aromatic carbocycles. The predicted molar refractivity (Wildman–Crippen MR) is 105 cm³/mol. The maximum atomic E-state index is 13.4. The molecule has 1 amide bonds. The van der Waals surface area contributed by atoms with Crippen molar-refractivity contribution < 1.29 is 24.2 Å². The van der Waals surface area contributed by atoms with E-state index in [1.165, 1.54) is 0 Å². The van der Waals surface area contributed by atoms with Crippen molar-refractivity contribution in [2.75, 3.05) is 20.3 Å². The molecule has 4 unspecified atom stereocenters. The fraction of sp³-hybridized carbons (Fsp3) is 0.545. The van der Waals surface area contributed by atoms with Crippen LogP contribution in [0, 0.1) is 17.3 Å². The minimum absolute atomic E-state index is 0.0730. The second-order valence-corrected chi connectivity index (χ2v) is 7.95. The van der Waals surface area contributed by atoms with E-state index in [2.05, 4.69) is 11.9 Å². The van der Waals surface area contributed by atoms with Crippen molar-refractivity contribution >= 4 is 11.9 Å². The van der Waals surface area contributed by atoms with Gasteiger partial charge in [-0.3, -0.25) is 4.79 Å². The molecule has 0 saturated heterocycles. The lowest BCUT2D eigenvalue weighted by Crippen LogP contribution is -2.53. The lowest BCUT2D eigenvalue weighted by molar-refractivity contribution is -0.146. The molecule has 6 heteroatoms. The third kappa shape index (κ3) is 4.22. The number of methoxy groups -OCH3 is 1. The molecule has 152 valence electrons. The number of benzene rings is 1. The van der Waals surface area contributed by atoms with Gasteiger partial charge < -0.3 is 19.9 Å². The van der Waals surface area contributed by atoms with Crippen molar-refractivity contribution in [3.05, 3.63) is 42.5 Å². The van der Waals surface area contributed by atoms with E-state index >= 15 is 0 Å². The van der Waals surface area contributed by atoms with Crippen LogP contribution in [0.2, 0.25) is 0 Å². The number of carbonyl (C=O) groups excluding carboxylic acids is 1. The van der Waals surface area contributed by atoms with Crippen LogP contribution in [0.1, 0.15) is 31.2 Å². The van der Waals surface area contributed by atoms with Crippen molar-refractivity contribution in [1.82, 2.24) is 5.32 Å². The summed E-state index contributed by atoms with van der Waals surface area (Å²) >= 11 is 0.